The van der Waals surface area contributed by atoms with Crippen LogP contribution in [0.15, 0.2) is 42.5 Å². The topological polar surface area (TPSA) is 12.0 Å². The van der Waals surface area contributed by atoms with Gasteiger partial charge < -0.3 is 5.32 Å². The lowest BCUT2D eigenvalue weighted by molar-refractivity contribution is 0.614. The van der Waals surface area contributed by atoms with Crippen LogP contribution >= 0.6 is 22.6 Å². The second-order valence-electron chi connectivity index (χ2n) is 4.28. The van der Waals surface area contributed by atoms with Crippen LogP contribution in [0.4, 0.5) is 4.39 Å². The summed E-state index contributed by atoms with van der Waals surface area (Å²) in [7, 11) is 1.92. The number of aryl methyl sites for hydroxylation is 1. The minimum atomic E-state index is -0.156. The fraction of sp³-hybridized carbons (Fsp3) is 0.200. The first-order valence-corrected chi connectivity index (χ1v) is 6.88. The first kappa shape index (κ1) is 13.5. The first-order valence-electron chi connectivity index (χ1n) is 5.80. The molecule has 0 aliphatic rings. The van der Waals surface area contributed by atoms with Gasteiger partial charge in [-0.05, 0) is 71.5 Å². The normalized spacial score (nSPS) is 12.4. The van der Waals surface area contributed by atoms with Crippen LogP contribution in [0.3, 0.4) is 0 Å². The van der Waals surface area contributed by atoms with E-state index in [2.05, 4.69) is 52.2 Å². The van der Waals surface area contributed by atoms with Gasteiger partial charge in [0.2, 0.25) is 0 Å². The second-order valence-corrected chi connectivity index (χ2v) is 5.53. The van der Waals surface area contributed by atoms with E-state index in [-0.39, 0.29) is 11.9 Å². The van der Waals surface area contributed by atoms with E-state index in [4.69, 9.17) is 0 Å². The number of hydrogen-bond acceptors (Lipinski definition) is 1. The van der Waals surface area contributed by atoms with Crippen LogP contribution in [-0.4, -0.2) is 7.05 Å². The van der Waals surface area contributed by atoms with Gasteiger partial charge in [-0.15, -0.1) is 0 Å². The molecule has 0 spiro atoms. The molecule has 0 heterocycles. The Kier molecular flexibility index (Phi) is 4.35. The third-order valence-corrected chi connectivity index (χ3v) is 3.73. The van der Waals surface area contributed by atoms with Crippen molar-refractivity contribution in [2.45, 2.75) is 13.0 Å². The molecule has 0 fully saturated rings. The molecular formula is C15H15FIN. The Hall–Kier alpha value is -0.940. The zero-order valence-electron chi connectivity index (χ0n) is 10.4. The Morgan fingerprint density at radius 1 is 1.06 bits per heavy atom. The fourth-order valence-corrected chi connectivity index (χ4v) is 2.39. The van der Waals surface area contributed by atoms with Crippen molar-refractivity contribution in [1.82, 2.24) is 5.32 Å². The second kappa shape index (κ2) is 5.80. The molecule has 2 aromatic rings. The van der Waals surface area contributed by atoms with Crippen LogP contribution in [0.1, 0.15) is 22.7 Å². The summed E-state index contributed by atoms with van der Waals surface area (Å²) in [5, 5.41) is 3.28. The summed E-state index contributed by atoms with van der Waals surface area (Å²) < 4.78 is 14.5. The van der Waals surface area contributed by atoms with Gasteiger partial charge in [0.1, 0.15) is 5.82 Å². The predicted octanol–water partition coefficient (Wildman–Crippen LogP) is 4.05. The Morgan fingerprint density at radius 2 is 1.67 bits per heavy atom. The Bertz CT molecular complexity index is 537. The van der Waals surface area contributed by atoms with Crippen molar-refractivity contribution in [3.63, 3.8) is 0 Å². The van der Waals surface area contributed by atoms with Crippen molar-refractivity contribution in [1.29, 1.82) is 0 Å². The summed E-state index contributed by atoms with van der Waals surface area (Å²) in [5.41, 5.74) is 2.94. The molecular weight excluding hydrogens is 340 g/mol. The molecule has 18 heavy (non-hydrogen) atoms. The summed E-state index contributed by atoms with van der Waals surface area (Å²) >= 11 is 2.29. The van der Waals surface area contributed by atoms with E-state index in [1.807, 2.05) is 19.2 Å². The average molecular weight is 355 g/mol. The predicted molar refractivity (Wildman–Crippen MR) is 81.2 cm³/mol. The number of halogens is 2. The third-order valence-electron chi connectivity index (χ3n) is 3.01. The highest BCUT2D eigenvalue weighted by atomic mass is 127. The number of hydrogen-bond donors (Lipinski definition) is 1. The lowest BCUT2D eigenvalue weighted by Gasteiger charge is -2.18. The van der Waals surface area contributed by atoms with Gasteiger partial charge in [0, 0.05) is 3.57 Å². The van der Waals surface area contributed by atoms with Gasteiger partial charge in [0.15, 0.2) is 0 Å². The zero-order valence-corrected chi connectivity index (χ0v) is 12.5. The van der Waals surface area contributed by atoms with Gasteiger partial charge in [-0.3, -0.25) is 0 Å². The van der Waals surface area contributed by atoms with Crippen molar-refractivity contribution < 1.29 is 4.39 Å². The smallest absolute Gasteiger partial charge is 0.126 e. The van der Waals surface area contributed by atoms with E-state index >= 15 is 0 Å². The maximum Gasteiger partial charge on any atom is 0.126 e. The summed E-state index contributed by atoms with van der Waals surface area (Å²) in [6.07, 6.45) is 0. The van der Waals surface area contributed by atoms with Crippen molar-refractivity contribution in [2.75, 3.05) is 7.05 Å². The van der Waals surface area contributed by atoms with Crippen molar-refractivity contribution in [3.05, 3.63) is 68.5 Å². The van der Waals surface area contributed by atoms with Gasteiger partial charge in [-0.1, -0.05) is 24.3 Å². The molecule has 1 atom stereocenters. The van der Waals surface area contributed by atoms with Gasteiger partial charge in [-0.25, -0.2) is 4.39 Å². The SMILES string of the molecule is CNC(c1ccc(I)cc1)c1ccc(F)c(C)c1. The van der Waals surface area contributed by atoms with Crippen LogP contribution in [0.2, 0.25) is 0 Å². The Morgan fingerprint density at radius 3 is 2.22 bits per heavy atom. The largest absolute Gasteiger partial charge is 0.309 e. The molecule has 0 saturated carbocycles. The highest BCUT2D eigenvalue weighted by Crippen LogP contribution is 2.24. The monoisotopic (exact) mass is 355 g/mol. The molecule has 2 aromatic carbocycles. The molecule has 1 N–H and O–H groups in total. The van der Waals surface area contributed by atoms with E-state index in [1.165, 1.54) is 15.2 Å². The molecule has 94 valence electrons. The van der Waals surface area contributed by atoms with Crippen LogP contribution in [-0.2, 0) is 0 Å². The molecule has 1 nitrogen and oxygen atoms in total. The maximum absolute atomic E-state index is 13.3. The summed E-state index contributed by atoms with van der Waals surface area (Å²) in [5.74, 6) is -0.156. The average Bonchev–Trinajstić information content (AvgIpc) is 2.37. The fourth-order valence-electron chi connectivity index (χ4n) is 2.03. The number of nitrogens with one attached hydrogen (secondary N) is 1. The lowest BCUT2D eigenvalue weighted by atomic mass is 9.97. The van der Waals surface area contributed by atoms with Crippen molar-refractivity contribution in [3.8, 4) is 0 Å². The van der Waals surface area contributed by atoms with E-state index in [9.17, 15) is 4.39 Å². The molecule has 0 aromatic heterocycles. The third kappa shape index (κ3) is 2.90. The highest BCUT2D eigenvalue weighted by molar-refractivity contribution is 14.1. The minimum Gasteiger partial charge on any atom is -0.309 e. The first-order chi connectivity index (χ1) is 8.61. The molecule has 0 bridgehead atoms. The van der Waals surface area contributed by atoms with Crippen molar-refractivity contribution >= 4 is 22.6 Å². The standard InChI is InChI=1S/C15H15FIN/c1-10-9-12(5-8-14(10)16)15(18-2)11-3-6-13(17)7-4-11/h3-9,15,18H,1-2H3. The van der Waals surface area contributed by atoms with Gasteiger partial charge in [-0.2, -0.15) is 0 Å². The quantitative estimate of drug-likeness (QED) is 0.820. The molecule has 0 saturated heterocycles. The maximum atomic E-state index is 13.3. The van der Waals surface area contributed by atoms with Crippen molar-refractivity contribution in [2.24, 2.45) is 0 Å². The van der Waals surface area contributed by atoms with Gasteiger partial charge in [0.25, 0.3) is 0 Å². The van der Waals surface area contributed by atoms with Gasteiger partial charge >= 0.3 is 0 Å². The van der Waals surface area contributed by atoms with E-state index in [1.54, 1.807) is 6.92 Å². The number of rotatable bonds is 3. The Labute approximate surface area is 121 Å². The minimum absolute atomic E-state index is 0.0984. The van der Waals surface area contributed by atoms with Crippen LogP contribution in [0, 0.1) is 16.3 Å². The highest BCUT2D eigenvalue weighted by Gasteiger charge is 2.12. The lowest BCUT2D eigenvalue weighted by Crippen LogP contribution is -2.17. The summed E-state index contributed by atoms with van der Waals surface area (Å²) in [6, 6.07) is 13.7. The molecule has 0 radical (unpaired) electrons. The molecule has 0 amide bonds. The molecule has 0 aliphatic carbocycles. The molecule has 0 aliphatic heterocycles. The molecule has 3 heteroatoms. The van der Waals surface area contributed by atoms with E-state index in [0.717, 1.165) is 5.56 Å². The number of benzene rings is 2. The van der Waals surface area contributed by atoms with E-state index < -0.39 is 0 Å². The Balaban J connectivity index is 2.38. The summed E-state index contributed by atoms with van der Waals surface area (Å²) in [4.78, 5) is 0. The van der Waals surface area contributed by atoms with Gasteiger partial charge in [0.05, 0.1) is 6.04 Å². The molecule has 1 unspecified atom stereocenters. The molecule has 2 rings (SSSR count). The van der Waals surface area contributed by atoms with Crippen LogP contribution in [0.5, 0.6) is 0 Å². The van der Waals surface area contributed by atoms with E-state index in [0.29, 0.717) is 5.56 Å². The van der Waals surface area contributed by atoms with Crippen LogP contribution < -0.4 is 5.32 Å². The zero-order chi connectivity index (χ0) is 13.1. The summed E-state index contributed by atoms with van der Waals surface area (Å²) in [6.45, 7) is 1.79. The van der Waals surface area contributed by atoms with Crippen LogP contribution in [0.25, 0.3) is 0 Å².